The molecule has 0 aromatic carbocycles. The van der Waals surface area contributed by atoms with Crippen LogP contribution in [0.4, 0.5) is 0 Å². The molecule has 0 N–H and O–H groups in total. The second-order valence-electron chi connectivity index (χ2n) is 8.27. The summed E-state index contributed by atoms with van der Waals surface area (Å²) in [5.74, 6) is -0.908. The van der Waals surface area contributed by atoms with Crippen molar-refractivity contribution in [3.8, 4) is 0 Å². The van der Waals surface area contributed by atoms with Crippen LogP contribution in [0.25, 0.3) is 0 Å². The minimum Gasteiger partial charge on any atom is -0.550 e. The number of hydrogen-bond acceptors (Lipinski definition) is 3. The van der Waals surface area contributed by atoms with Crippen molar-refractivity contribution >= 4 is 5.97 Å². The Morgan fingerprint density at radius 3 is 1.25 bits per heavy atom. The number of carbonyl (C=O) groups is 1. The molecule has 3 nitrogen and oxygen atoms in total. The third-order valence-corrected chi connectivity index (χ3v) is 5.51. The number of hydrogen-bond donors (Lipinski definition) is 0. The van der Waals surface area contributed by atoms with E-state index < -0.39 is 5.97 Å². The van der Waals surface area contributed by atoms with Gasteiger partial charge in [0.25, 0.3) is 0 Å². The molecule has 162 valence electrons. The Labute approximate surface area is 198 Å². The second-order valence-corrected chi connectivity index (χ2v) is 8.27. The maximum absolute atomic E-state index is 10.7. The van der Waals surface area contributed by atoms with E-state index in [2.05, 4.69) is 18.7 Å². The fourth-order valence-corrected chi connectivity index (χ4v) is 3.72. The first-order chi connectivity index (χ1) is 13.2. The summed E-state index contributed by atoms with van der Waals surface area (Å²) in [6, 6.07) is 0. The Bertz CT molecular complexity index is 293. The van der Waals surface area contributed by atoms with Crippen LogP contribution in [0.3, 0.4) is 0 Å². The molecule has 0 aliphatic rings. The molecule has 0 aromatic rings. The number of carbonyl (C=O) groups excluding carboxylic acids is 1. The Morgan fingerprint density at radius 1 is 0.571 bits per heavy atom. The maximum atomic E-state index is 10.7. The van der Waals surface area contributed by atoms with Gasteiger partial charge < -0.3 is 14.8 Å². The van der Waals surface area contributed by atoms with Gasteiger partial charge in [-0.1, -0.05) is 104 Å². The van der Waals surface area contributed by atoms with Gasteiger partial charge in [0.1, 0.15) is 0 Å². The van der Waals surface area contributed by atoms with Crippen LogP contribution in [-0.4, -0.2) is 30.5 Å². The third kappa shape index (κ3) is 24.5. The predicted octanol–water partition coefficient (Wildman–Crippen LogP) is 3.10. The van der Waals surface area contributed by atoms with Crippen molar-refractivity contribution in [1.29, 1.82) is 0 Å². The van der Waals surface area contributed by atoms with Crippen LogP contribution >= 0.6 is 0 Å². The van der Waals surface area contributed by atoms with E-state index in [4.69, 9.17) is 0 Å². The normalized spacial score (nSPS) is 11.0. The van der Waals surface area contributed by atoms with Crippen molar-refractivity contribution in [2.75, 3.05) is 19.6 Å². The third-order valence-electron chi connectivity index (χ3n) is 5.51. The van der Waals surface area contributed by atoms with Crippen LogP contribution in [0, 0.1) is 0 Å². The van der Waals surface area contributed by atoms with Gasteiger partial charge in [-0.2, -0.15) is 0 Å². The Hall–Kier alpha value is 0.430. The van der Waals surface area contributed by atoms with Crippen molar-refractivity contribution in [2.24, 2.45) is 0 Å². The molecule has 0 fully saturated rings. The van der Waals surface area contributed by atoms with Crippen LogP contribution in [0.2, 0.25) is 0 Å². The quantitative estimate of drug-likeness (QED) is 0.205. The van der Waals surface area contributed by atoms with Crippen molar-refractivity contribution in [3.05, 3.63) is 0 Å². The van der Waals surface area contributed by atoms with Gasteiger partial charge in [0.2, 0.25) is 0 Å². The summed E-state index contributed by atoms with van der Waals surface area (Å²) in [4.78, 5) is 13.2. The summed E-state index contributed by atoms with van der Waals surface area (Å²) in [6.07, 6.45) is 22.5. The van der Waals surface area contributed by atoms with Gasteiger partial charge >= 0.3 is 29.6 Å². The zero-order valence-corrected chi connectivity index (χ0v) is 21.6. The number of nitrogens with zero attached hydrogens (tertiary/aromatic N) is 1. The molecule has 0 spiro atoms. The van der Waals surface area contributed by atoms with E-state index in [-0.39, 0.29) is 36.0 Å². The molecule has 0 rings (SSSR count). The van der Waals surface area contributed by atoms with E-state index in [1.54, 1.807) is 0 Å². The molecule has 0 radical (unpaired) electrons. The summed E-state index contributed by atoms with van der Waals surface area (Å²) in [6.45, 7) is 7.72. The first kappa shape index (κ1) is 30.6. The summed E-state index contributed by atoms with van der Waals surface area (Å²) in [5.41, 5.74) is 0. The summed E-state index contributed by atoms with van der Waals surface area (Å²) < 4.78 is 0. The van der Waals surface area contributed by atoms with Crippen LogP contribution in [-0.2, 0) is 4.79 Å². The molecule has 0 aliphatic heterocycles. The van der Waals surface area contributed by atoms with Crippen molar-refractivity contribution in [1.82, 2.24) is 4.90 Å². The zero-order chi connectivity index (χ0) is 20.0. The predicted molar refractivity (Wildman–Crippen MR) is 116 cm³/mol. The van der Waals surface area contributed by atoms with E-state index >= 15 is 0 Å². The second kappa shape index (κ2) is 25.5. The molecule has 0 amide bonds. The van der Waals surface area contributed by atoms with Crippen molar-refractivity contribution < 1.29 is 39.5 Å². The molecule has 28 heavy (non-hydrogen) atoms. The topological polar surface area (TPSA) is 43.4 Å². The molecule has 0 aromatic heterocycles. The minimum absolute atomic E-state index is 0. The number of aliphatic carboxylic acids is 1. The largest absolute Gasteiger partial charge is 1.00 e. The first-order valence-corrected chi connectivity index (χ1v) is 12.1. The van der Waals surface area contributed by atoms with Gasteiger partial charge in [-0.25, -0.2) is 0 Å². The summed E-state index contributed by atoms with van der Waals surface area (Å²) in [5, 5.41) is 10.7. The van der Waals surface area contributed by atoms with Crippen LogP contribution in [0.1, 0.15) is 129 Å². The smallest absolute Gasteiger partial charge is 0.550 e. The van der Waals surface area contributed by atoms with Gasteiger partial charge in [0.15, 0.2) is 0 Å². The van der Waals surface area contributed by atoms with Crippen LogP contribution in [0.5, 0.6) is 0 Å². The number of carboxylic acid groups (broad SMARTS) is 1. The van der Waals surface area contributed by atoms with E-state index in [0.29, 0.717) is 0 Å². The van der Waals surface area contributed by atoms with E-state index in [1.165, 1.54) is 103 Å². The van der Waals surface area contributed by atoms with Gasteiger partial charge in [-0.15, -0.1) is 0 Å². The molecule has 0 bridgehead atoms. The van der Waals surface area contributed by atoms with E-state index in [1.807, 2.05) is 0 Å². The first-order valence-electron chi connectivity index (χ1n) is 12.1. The minimum atomic E-state index is -0.908. The SMILES string of the molecule is CCCCCCCCCCN(CCCCCCCCCC)CCCC(=O)[O-].[Na+]. The molecule has 0 aliphatic carbocycles. The fraction of sp³-hybridized carbons (Fsp3) is 0.958. The fourth-order valence-electron chi connectivity index (χ4n) is 3.72. The summed E-state index contributed by atoms with van der Waals surface area (Å²) in [7, 11) is 0. The molecular weight excluding hydrogens is 357 g/mol. The molecule has 0 unspecified atom stereocenters. The molecule has 4 heteroatoms. The number of unbranched alkanes of at least 4 members (excludes halogenated alkanes) is 14. The monoisotopic (exact) mass is 405 g/mol. The molecule has 0 saturated heterocycles. The Morgan fingerprint density at radius 2 is 0.893 bits per heavy atom. The Balaban J connectivity index is 0. The average Bonchev–Trinajstić information content (AvgIpc) is 2.65. The Kier molecular flexibility index (Phi) is 27.9. The van der Waals surface area contributed by atoms with Crippen molar-refractivity contribution in [3.63, 3.8) is 0 Å². The van der Waals surface area contributed by atoms with E-state index in [9.17, 15) is 9.90 Å². The number of rotatable bonds is 22. The molecule has 0 saturated carbocycles. The molecule has 0 atom stereocenters. The van der Waals surface area contributed by atoms with Gasteiger partial charge in [0.05, 0.1) is 0 Å². The number of carboxylic acids is 1. The van der Waals surface area contributed by atoms with Gasteiger partial charge in [0, 0.05) is 5.97 Å². The van der Waals surface area contributed by atoms with Crippen LogP contribution < -0.4 is 34.7 Å². The molecule has 0 heterocycles. The van der Waals surface area contributed by atoms with E-state index in [0.717, 1.165) is 26.1 Å². The van der Waals surface area contributed by atoms with Crippen molar-refractivity contribution in [2.45, 2.75) is 129 Å². The van der Waals surface area contributed by atoms with Crippen LogP contribution in [0.15, 0.2) is 0 Å². The standard InChI is InChI=1S/C24H49NO2.Na/c1-3-5-7-9-11-13-15-17-21-25(23-19-20-24(26)27)22-18-16-14-12-10-8-6-4-2;/h3-23H2,1-2H3,(H,26,27);/q;+1/p-1. The summed E-state index contributed by atoms with van der Waals surface area (Å²) >= 11 is 0. The average molecular weight is 406 g/mol. The van der Waals surface area contributed by atoms with Gasteiger partial charge in [-0.05, 0) is 45.3 Å². The van der Waals surface area contributed by atoms with Gasteiger partial charge in [-0.3, -0.25) is 0 Å². The maximum Gasteiger partial charge on any atom is 1.00 e. The zero-order valence-electron chi connectivity index (χ0n) is 19.6. The molecular formula is C24H48NNaO2.